The van der Waals surface area contributed by atoms with E-state index in [1.165, 1.54) is 4.80 Å². The summed E-state index contributed by atoms with van der Waals surface area (Å²) in [6, 6.07) is 19.1. The van der Waals surface area contributed by atoms with E-state index >= 15 is 0 Å². The van der Waals surface area contributed by atoms with Crippen LogP contribution < -0.4 is 5.43 Å². The summed E-state index contributed by atoms with van der Waals surface area (Å²) < 4.78 is 0. The van der Waals surface area contributed by atoms with Crippen molar-refractivity contribution in [3.8, 4) is 5.69 Å². The lowest BCUT2D eigenvalue weighted by atomic mass is 10.1. The first-order valence-electron chi connectivity index (χ1n) is 7.76. The van der Waals surface area contributed by atoms with E-state index in [4.69, 9.17) is 0 Å². The number of anilines is 1. The predicted molar refractivity (Wildman–Crippen MR) is 97.6 cm³/mol. The van der Waals surface area contributed by atoms with E-state index in [2.05, 4.69) is 25.9 Å². The van der Waals surface area contributed by atoms with Gasteiger partial charge in [-0.1, -0.05) is 41.6 Å². The molecule has 0 aliphatic heterocycles. The number of para-hydroxylation sites is 2. The lowest BCUT2D eigenvalue weighted by Gasteiger charge is -2.04. The number of rotatable bonds is 5. The van der Waals surface area contributed by atoms with Crippen molar-refractivity contribution in [2.24, 2.45) is 10.3 Å². The summed E-state index contributed by atoms with van der Waals surface area (Å²) >= 11 is 0. The largest absolute Gasteiger partial charge is 0.410 e. The normalized spacial score (nSPS) is 12.2. The standard InChI is InChI=1S/C18H18N6O/c1-13(19-20-15-9-5-3-6-10-15)18(23-25)17-14(2)21-24(22-17)16-11-7-4-8-12-16/h3-12,20,25H,1-2H3/b19-13+,23-18-. The summed E-state index contributed by atoms with van der Waals surface area (Å²) in [6.07, 6.45) is 0. The highest BCUT2D eigenvalue weighted by Gasteiger charge is 2.18. The minimum Gasteiger partial charge on any atom is -0.410 e. The maximum Gasteiger partial charge on any atom is 0.155 e. The van der Waals surface area contributed by atoms with Crippen LogP contribution in [0.5, 0.6) is 0 Å². The Kier molecular flexibility index (Phi) is 4.84. The van der Waals surface area contributed by atoms with Gasteiger partial charge in [-0.15, -0.1) is 5.10 Å². The van der Waals surface area contributed by atoms with Crippen LogP contribution in [0, 0.1) is 6.92 Å². The predicted octanol–water partition coefficient (Wildman–Crippen LogP) is 3.24. The van der Waals surface area contributed by atoms with Crippen LogP contribution in [0.1, 0.15) is 18.3 Å². The highest BCUT2D eigenvalue weighted by atomic mass is 16.4. The molecule has 0 amide bonds. The van der Waals surface area contributed by atoms with E-state index in [0.29, 0.717) is 17.1 Å². The summed E-state index contributed by atoms with van der Waals surface area (Å²) in [5, 5.41) is 25.9. The molecule has 0 fully saturated rings. The van der Waals surface area contributed by atoms with Crippen molar-refractivity contribution in [2.75, 3.05) is 5.43 Å². The smallest absolute Gasteiger partial charge is 0.155 e. The van der Waals surface area contributed by atoms with Crippen LogP contribution in [-0.2, 0) is 0 Å². The maximum absolute atomic E-state index is 9.45. The fraction of sp³-hybridized carbons (Fsp3) is 0.111. The number of hydrogen-bond acceptors (Lipinski definition) is 6. The number of benzene rings is 2. The zero-order chi connectivity index (χ0) is 17.6. The second-order valence-electron chi connectivity index (χ2n) is 5.38. The maximum atomic E-state index is 9.45. The highest BCUT2D eigenvalue weighted by molar-refractivity contribution is 6.47. The van der Waals surface area contributed by atoms with E-state index in [9.17, 15) is 5.21 Å². The Morgan fingerprint density at radius 3 is 2.28 bits per heavy atom. The second-order valence-corrected chi connectivity index (χ2v) is 5.38. The van der Waals surface area contributed by atoms with Crippen molar-refractivity contribution in [2.45, 2.75) is 13.8 Å². The summed E-state index contributed by atoms with van der Waals surface area (Å²) in [6.45, 7) is 3.55. The summed E-state index contributed by atoms with van der Waals surface area (Å²) in [5.41, 5.74) is 6.47. The molecule has 7 heteroatoms. The average Bonchev–Trinajstić information content (AvgIpc) is 3.04. The monoisotopic (exact) mass is 334 g/mol. The molecular formula is C18H18N6O. The Morgan fingerprint density at radius 1 is 1.00 bits per heavy atom. The molecule has 3 rings (SSSR count). The minimum atomic E-state index is 0.267. The minimum absolute atomic E-state index is 0.267. The van der Waals surface area contributed by atoms with Gasteiger partial charge in [0.05, 0.1) is 22.8 Å². The zero-order valence-electron chi connectivity index (χ0n) is 14.0. The molecule has 1 aromatic heterocycles. The zero-order valence-corrected chi connectivity index (χ0v) is 14.0. The Labute approximate surface area is 145 Å². The first-order chi connectivity index (χ1) is 12.2. The van der Waals surface area contributed by atoms with E-state index < -0.39 is 0 Å². The number of hydrogen-bond donors (Lipinski definition) is 2. The molecule has 0 aliphatic rings. The number of nitrogens with zero attached hydrogens (tertiary/aromatic N) is 5. The Balaban J connectivity index is 1.87. The second kappa shape index (κ2) is 7.39. The van der Waals surface area contributed by atoms with Gasteiger partial charge >= 0.3 is 0 Å². The van der Waals surface area contributed by atoms with Gasteiger partial charge < -0.3 is 5.21 Å². The van der Waals surface area contributed by atoms with Crippen LogP contribution >= 0.6 is 0 Å². The third-order valence-electron chi connectivity index (χ3n) is 3.56. The summed E-state index contributed by atoms with van der Waals surface area (Å²) in [7, 11) is 0. The van der Waals surface area contributed by atoms with Crippen molar-refractivity contribution in [3.05, 3.63) is 72.1 Å². The van der Waals surface area contributed by atoms with Gasteiger partial charge in [-0.3, -0.25) is 5.43 Å². The van der Waals surface area contributed by atoms with E-state index in [-0.39, 0.29) is 5.71 Å². The number of aromatic nitrogens is 3. The van der Waals surface area contributed by atoms with E-state index in [1.807, 2.05) is 67.6 Å². The Bertz CT molecular complexity index is 900. The molecule has 3 aromatic rings. The van der Waals surface area contributed by atoms with Gasteiger partial charge in [-0.2, -0.15) is 15.0 Å². The van der Waals surface area contributed by atoms with Gasteiger partial charge in [0.15, 0.2) is 5.71 Å². The first kappa shape index (κ1) is 16.4. The molecule has 1 heterocycles. The van der Waals surface area contributed by atoms with Gasteiger partial charge in [-0.05, 0) is 38.1 Å². The van der Waals surface area contributed by atoms with Crippen LogP contribution in [0.4, 0.5) is 5.69 Å². The molecule has 0 bridgehead atoms. The molecule has 0 atom stereocenters. The number of hydrazone groups is 1. The SMILES string of the molecule is CC(=N\Nc1ccccc1)/C(=N/O)c1nn(-c2ccccc2)nc1C. The van der Waals surface area contributed by atoms with Crippen molar-refractivity contribution >= 4 is 17.1 Å². The molecule has 0 unspecified atom stereocenters. The van der Waals surface area contributed by atoms with Gasteiger partial charge in [0.2, 0.25) is 0 Å². The first-order valence-corrected chi connectivity index (χ1v) is 7.76. The third kappa shape index (κ3) is 3.72. The van der Waals surface area contributed by atoms with Gasteiger partial charge in [0.1, 0.15) is 5.69 Å². The number of aryl methyl sites for hydroxylation is 1. The molecule has 0 aliphatic carbocycles. The Hall–Kier alpha value is -3.48. The quantitative estimate of drug-likeness (QED) is 0.426. The van der Waals surface area contributed by atoms with Crippen LogP contribution in [0.15, 0.2) is 70.9 Å². The number of nitrogens with one attached hydrogen (secondary N) is 1. The molecule has 0 spiro atoms. The molecule has 0 saturated carbocycles. The molecule has 7 nitrogen and oxygen atoms in total. The molecule has 2 aromatic carbocycles. The molecular weight excluding hydrogens is 316 g/mol. The molecule has 126 valence electrons. The molecule has 2 N–H and O–H groups in total. The Morgan fingerprint density at radius 2 is 1.64 bits per heavy atom. The molecule has 25 heavy (non-hydrogen) atoms. The fourth-order valence-corrected chi connectivity index (χ4v) is 2.28. The third-order valence-corrected chi connectivity index (χ3v) is 3.56. The van der Waals surface area contributed by atoms with Gasteiger partial charge in [0, 0.05) is 0 Å². The van der Waals surface area contributed by atoms with Gasteiger partial charge in [0.25, 0.3) is 0 Å². The van der Waals surface area contributed by atoms with Crippen molar-refractivity contribution in [1.82, 2.24) is 15.0 Å². The van der Waals surface area contributed by atoms with E-state index in [1.54, 1.807) is 6.92 Å². The summed E-state index contributed by atoms with van der Waals surface area (Å²) in [5.74, 6) is 0. The summed E-state index contributed by atoms with van der Waals surface area (Å²) in [4.78, 5) is 1.51. The highest BCUT2D eigenvalue weighted by Crippen LogP contribution is 2.11. The topological polar surface area (TPSA) is 87.7 Å². The van der Waals surface area contributed by atoms with Gasteiger partial charge in [-0.25, -0.2) is 0 Å². The van der Waals surface area contributed by atoms with E-state index in [0.717, 1.165) is 11.4 Å². The van der Waals surface area contributed by atoms with Crippen LogP contribution in [0.3, 0.4) is 0 Å². The van der Waals surface area contributed by atoms with Crippen molar-refractivity contribution in [1.29, 1.82) is 0 Å². The number of oxime groups is 1. The van der Waals surface area contributed by atoms with Crippen LogP contribution in [0.2, 0.25) is 0 Å². The van der Waals surface area contributed by atoms with Crippen molar-refractivity contribution in [3.63, 3.8) is 0 Å². The lowest BCUT2D eigenvalue weighted by molar-refractivity contribution is 0.320. The van der Waals surface area contributed by atoms with Crippen molar-refractivity contribution < 1.29 is 5.21 Å². The van der Waals surface area contributed by atoms with Crippen LogP contribution in [0.25, 0.3) is 5.69 Å². The molecule has 0 radical (unpaired) electrons. The van der Waals surface area contributed by atoms with Crippen LogP contribution in [-0.4, -0.2) is 31.6 Å². The fourth-order valence-electron chi connectivity index (χ4n) is 2.28. The average molecular weight is 334 g/mol. The molecule has 0 saturated heterocycles. The lowest BCUT2D eigenvalue weighted by Crippen LogP contribution is -2.16.